The maximum atomic E-state index is 14.9. The van der Waals surface area contributed by atoms with Crippen molar-refractivity contribution in [2.24, 2.45) is 0 Å². The number of ether oxygens (including phenoxy) is 1. The lowest BCUT2D eigenvalue weighted by Crippen LogP contribution is -1.97. The number of aryl methyl sites for hydroxylation is 1. The van der Waals surface area contributed by atoms with Gasteiger partial charge in [-0.2, -0.15) is 4.39 Å². The average molecular weight is 476 g/mol. The summed E-state index contributed by atoms with van der Waals surface area (Å²) in [5, 5.41) is 0. The van der Waals surface area contributed by atoms with E-state index in [1.807, 2.05) is 48.5 Å². The third-order valence-corrected chi connectivity index (χ3v) is 6.60. The van der Waals surface area contributed by atoms with Crippen molar-refractivity contribution in [3.05, 3.63) is 72.2 Å². The summed E-state index contributed by atoms with van der Waals surface area (Å²) in [6.45, 7) is 5.22. The first-order valence-corrected chi connectivity index (χ1v) is 13.7. The number of benzene rings is 2. The molecule has 0 atom stereocenters. The van der Waals surface area contributed by atoms with E-state index in [1.54, 1.807) is 0 Å². The first kappa shape index (κ1) is 26.9. The fraction of sp³-hybridized carbons (Fsp3) is 0.469. The summed E-state index contributed by atoms with van der Waals surface area (Å²) < 4.78 is 20.8. The Kier molecular flexibility index (Phi) is 11.8. The van der Waals surface area contributed by atoms with E-state index in [2.05, 4.69) is 31.0 Å². The highest BCUT2D eigenvalue weighted by Gasteiger charge is 2.10. The van der Waals surface area contributed by atoms with Crippen LogP contribution in [0.3, 0.4) is 0 Å². The molecule has 1 heterocycles. The Morgan fingerprint density at radius 2 is 1.23 bits per heavy atom. The van der Waals surface area contributed by atoms with E-state index in [0.717, 1.165) is 36.3 Å². The van der Waals surface area contributed by atoms with Crippen molar-refractivity contribution in [2.45, 2.75) is 90.9 Å². The van der Waals surface area contributed by atoms with Crippen molar-refractivity contribution in [3.8, 4) is 28.1 Å². The smallest absolute Gasteiger partial charge is 0.221 e. The van der Waals surface area contributed by atoms with Gasteiger partial charge in [0.05, 0.1) is 12.3 Å². The van der Waals surface area contributed by atoms with Gasteiger partial charge < -0.3 is 4.74 Å². The predicted octanol–water partition coefficient (Wildman–Crippen LogP) is 9.81. The molecule has 1 aromatic heterocycles. The van der Waals surface area contributed by atoms with Crippen molar-refractivity contribution < 1.29 is 9.13 Å². The highest BCUT2D eigenvalue weighted by atomic mass is 19.1. The Morgan fingerprint density at radius 1 is 0.629 bits per heavy atom. The van der Waals surface area contributed by atoms with Gasteiger partial charge in [-0.15, -0.1) is 0 Å². The Morgan fingerprint density at radius 3 is 1.89 bits per heavy atom. The molecule has 188 valence electrons. The van der Waals surface area contributed by atoms with Crippen LogP contribution >= 0.6 is 0 Å². The van der Waals surface area contributed by atoms with Crippen LogP contribution in [0.25, 0.3) is 22.4 Å². The molecule has 0 fully saturated rings. The zero-order valence-electron chi connectivity index (χ0n) is 21.7. The minimum atomic E-state index is -0.432. The predicted molar refractivity (Wildman–Crippen MR) is 146 cm³/mol. The Balaban J connectivity index is 1.51. The number of nitrogens with zero attached hydrogens (tertiary/aromatic N) is 1. The van der Waals surface area contributed by atoms with Crippen LogP contribution in [-0.4, -0.2) is 11.6 Å². The second-order valence-electron chi connectivity index (χ2n) is 9.54. The first-order valence-electron chi connectivity index (χ1n) is 13.7. The summed E-state index contributed by atoms with van der Waals surface area (Å²) in [4.78, 5) is 4.25. The van der Waals surface area contributed by atoms with Crippen molar-refractivity contribution in [3.63, 3.8) is 0 Å². The Hall–Kier alpha value is -2.68. The van der Waals surface area contributed by atoms with E-state index in [9.17, 15) is 4.39 Å². The lowest BCUT2D eigenvalue weighted by molar-refractivity contribution is 0.304. The van der Waals surface area contributed by atoms with Crippen LogP contribution in [-0.2, 0) is 6.42 Å². The number of halogens is 1. The third-order valence-electron chi connectivity index (χ3n) is 6.60. The lowest BCUT2D eigenvalue weighted by Gasteiger charge is -2.09. The number of aromatic nitrogens is 1. The molecule has 0 amide bonds. The van der Waals surface area contributed by atoms with Crippen LogP contribution in [0.5, 0.6) is 5.75 Å². The van der Waals surface area contributed by atoms with Gasteiger partial charge in [0.15, 0.2) is 0 Å². The highest BCUT2D eigenvalue weighted by Crippen LogP contribution is 2.27. The summed E-state index contributed by atoms with van der Waals surface area (Å²) >= 11 is 0. The van der Waals surface area contributed by atoms with Crippen molar-refractivity contribution >= 4 is 0 Å². The molecule has 3 rings (SSSR count). The standard InChI is InChI=1S/C32H42FNO/c1-3-5-7-9-11-13-25-35-29-21-19-28(20-22-29)31-24-23-30(32(33)34-31)27-17-15-26(16-18-27)14-12-10-8-6-4-2/h15-24H,3-14,25H2,1-2H3. The van der Waals surface area contributed by atoms with Gasteiger partial charge in [0.1, 0.15) is 5.75 Å². The Bertz CT molecular complexity index is 981. The zero-order chi connectivity index (χ0) is 24.7. The van der Waals surface area contributed by atoms with Crippen molar-refractivity contribution in [1.29, 1.82) is 0 Å². The normalized spacial score (nSPS) is 11.1. The molecule has 0 spiro atoms. The molecular formula is C32H42FNO. The van der Waals surface area contributed by atoms with Crippen LogP contribution in [0.4, 0.5) is 4.39 Å². The topological polar surface area (TPSA) is 22.1 Å². The van der Waals surface area contributed by atoms with Crippen LogP contribution < -0.4 is 4.74 Å². The van der Waals surface area contributed by atoms with E-state index < -0.39 is 5.95 Å². The van der Waals surface area contributed by atoms with Crippen LogP contribution in [0.2, 0.25) is 0 Å². The van der Waals surface area contributed by atoms with Crippen molar-refractivity contribution in [2.75, 3.05) is 6.61 Å². The number of hydrogen-bond acceptors (Lipinski definition) is 2. The number of rotatable bonds is 16. The van der Waals surface area contributed by atoms with Gasteiger partial charge in [-0.05, 0) is 66.8 Å². The molecule has 35 heavy (non-hydrogen) atoms. The second-order valence-corrected chi connectivity index (χ2v) is 9.54. The molecule has 0 aliphatic rings. The molecule has 0 unspecified atom stereocenters. The molecule has 0 saturated heterocycles. The molecule has 2 aromatic carbocycles. The summed E-state index contributed by atoms with van der Waals surface area (Å²) in [5.41, 5.74) is 4.25. The van der Waals surface area contributed by atoms with Gasteiger partial charge in [0.25, 0.3) is 0 Å². The maximum Gasteiger partial charge on any atom is 0.221 e. The fourth-order valence-electron chi connectivity index (χ4n) is 4.39. The van der Waals surface area contributed by atoms with E-state index >= 15 is 0 Å². The SMILES string of the molecule is CCCCCCCCOc1ccc(-c2ccc(-c3ccc(CCCCCCC)cc3)c(F)n2)cc1. The first-order chi connectivity index (χ1) is 17.2. The largest absolute Gasteiger partial charge is 0.494 e. The van der Waals surface area contributed by atoms with Crippen molar-refractivity contribution in [1.82, 2.24) is 4.98 Å². The summed E-state index contributed by atoms with van der Waals surface area (Å²) in [5.74, 6) is 0.420. The van der Waals surface area contributed by atoms with Crippen LogP contribution in [0.15, 0.2) is 60.7 Å². The third kappa shape index (κ3) is 9.12. The van der Waals surface area contributed by atoms with Gasteiger partial charge in [0.2, 0.25) is 5.95 Å². The summed E-state index contributed by atoms with van der Waals surface area (Å²) in [7, 11) is 0. The van der Waals surface area contributed by atoms with Gasteiger partial charge in [-0.3, -0.25) is 0 Å². The molecule has 0 radical (unpaired) electrons. The van der Waals surface area contributed by atoms with Crippen LogP contribution in [0, 0.1) is 5.95 Å². The average Bonchev–Trinajstić information content (AvgIpc) is 2.89. The second kappa shape index (κ2) is 15.3. The Labute approximate surface area is 212 Å². The fourth-order valence-corrected chi connectivity index (χ4v) is 4.39. The molecule has 3 heteroatoms. The maximum absolute atomic E-state index is 14.9. The monoisotopic (exact) mass is 475 g/mol. The molecule has 0 saturated carbocycles. The highest BCUT2D eigenvalue weighted by molar-refractivity contribution is 5.67. The van der Waals surface area contributed by atoms with Crippen LogP contribution in [0.1, 0.15) is 90.0 Å². The zero-order valence-corrected chi connectivity index (χ0v) is 21.7. The van der Waals surface area contributed by atoms with Gasteiger partial charge in [0, 0.05) is 11.1 Å². The number of pyridine rings is 1. The molecule has 0 N–H and O–H groups in total. The summed E-state index contributed by atoms with van der Waals surface area (Å²) in [6.07, 6.45) is 15.0. The van der Waals surface area contributed by atoms with Gasteiger partial charge >= 0.3 is 0 Å². The summed E-state index contributed by atoms with van der Waals surface area (Å²) in [6, 6.07) is 19.8. The molecular weight excluding hydrogens is 433 g/mol. The van der Waals surface area contributed by atoms with E-state index in [0.29, 0.717) is 11.3 Å². The van der Waals surface area contributed by atoms with Gasteiger partial charge in [-0.1, -0.05) is 95.9 Å². The molecule has 0 bridgehead atoms. The lowest BCUT2D eigenvalue weighted by atomic mass is 10.0. The van der Waals surface area contributed by atoms with E-state index in [-0.39, 0.29) is 0 Å². The minimum absolute atomic E-state index is 0.432. The van der Waals surface area contributed by atoms with Gasteiger partial charge in [-0.25, -0.2) is 4.98 Å². The van der Waals surface area contributed by atoms with E-state index in [1.165, 1.54) is 69.8 Å². The quantitative estimate of drug-likeness (QED) is 0.152. The number of unbranched alkanes of at least 4 members (excludes halogenated alkanes) is 9. The minimum Gasteiger partial charge on any atom is -0.494 e. The molecule has 0 aliphatic heterocycles. The molecule has 3 aromatic rings. The van der Waals surface area contributed by atoms with E-state index in [4.69, 9.17) is 4.74 Å². The molecule has 0 aliphatic carbocycles. The molecule has 2 nitrogen and oxygen atoms in total. The number of hydrogen-bond donors (Lipinski definition) is 0.